The molecule has 0 fully saturated rings. The third kappa shape index (κ3) is 3.66. The van der Waals surface area contributed by atoms with Crippen molar-refractivity contribution in [3.05, 3.63) is 16.9 Å². The topological polar surface area (TPSA) is 26.0 Å². The number of nitrogens with two attached hydrogens (primary N) is 1. The van der Waals surface area contributed by atoms with Crippen molar-refractivity contribution in [3.8, 4) is 0 Å². The molecule has 1 heteroatoms. The van der Waals surface area contributed by atoms with Gasteiger partial charge in [-0.05, 0) is 31.9 Å². The fraction of sp³-hybridized carbons (Fsp3) is 0.571. The van der Waals surface area contributed by atoms with Gasteiger partial charge < -0.3 is 5.73 Å². The lowest BCUT2D eigenvalue weighted by atomic mass is 10.3. The van der Waals surface area contributed by atoms with Gasteiger partial charge in [-0.3, -0.25) is 0 Å². The number of hydrogen-bond acceptors (Lipinski definition) is 1. The Morgan fingerprint density at radius 3 is 2.00 bits per heavy atom. The summed E-state index contributed by atoms with van der Waals surface area (Å²) in [5.41, 5.74) is 10.7. The molecule has 0 aliphatic carbocycles. The van der Waals surface area contributed by atoms with Crippen LogP contribution in [0.4, 0.5) is 0 Å². The molecule has 0 unspecified atom stereocenters. The van der Waals surface area contributed by atoms with Crippen molar-refractivity contribution in [2.24, 2.45) is 5.73 Å². The molecule has 0 aromatic rings. The van der Waals surface area contributed by atoms with Crippen LogP contribution in [0.1, 0.15) is 20.8 Å². The maximum atomic E-state index is 5.31. The monoisotopic (exact) mass is 111 g/mol. The Morgan fingerprint density at radius 1 is 1.38 bits per heavy atom. The lowest BCUT2D eigenvalue weighted by Crippen LogP contribution is -1.98. The maximum absolute atomic E-state index is 5.31. The second-order valence-electron chi connectivity index (χ2n) is 2.11. The summed E-state index contributed by atoms with van der Waals surface area (Å²) in [7, 11) is 0. The third-order valence-electron chi connectivity index (χ3n) is 0.770. The zero-order chi connectivity index (χ0) is 6.57. The molecule has 0 spiro atoms. The highest BCUT2D eigenvalue weighted by Gasteiger charge is 1.77. The van der Waals surface area contributed by atoms with Gasteiger partial charge in [0.05, 0.1) is 0 Å². The normalized spacial score (nSPS) is 8.00. The Labute approximate surface area is 50.9 Å². The Morgan fingerprint density at radius 2 is 1.88 bits per heavy atom. The second kappa shape index (κ2) is 3.48. The molecule has 2 N–H and O–H groups in total. The molecule has 0 radical (unpaired) electrons. The first-order chi connectivity index (χ1) is 3.66. The van der Waals surface area contributed by atoms with Crippen LogP contribution >= 0.6 is 0 Å². The predicted molar refractivity (Wildman–Crippen MR) is 36.6 cm³/mol. The van der Waals surface area contributed by atoms with E-state index in [1.165, 1.54) is 5.57 Å². The van der Waals surface area contributed by atoms with E-state index in [-0.39, 0.29) is 0 Å². The van der Waals surface area contributed by atoms with Crippen LogP contribution in [0.15, 0.2) is 16.9 Å². The molecule has 0 aromatic heterocycles. The Hall–Kier alpha value is -0.520. The van der Waals surface area contributed by atoms with Crippen molar-refractivity contribution in [2.75, 3.05) is 6.54 Å². The van der Waals surface area contributed by atoms with Crippen molar-refractivity contribution in [2.45, 2.75) is 20.8 Å². The van der Waals surface area contributed by atoms with Gasteiger partial charge in [-0.2, -0.15) is 0 Å². The van der Waals surface area contributed by atoms with Gasteiger partial charge >= 0.3 is 0 Å². The average Bonchev–Trinajstić information content (AvgIpc) is 1.65. The van der Waals surface area contributed by atoms with Gasteiger partial charge in [-0.15, -0.1) is 5.73 Å². The summed E-state index contributed by atoms with van der Waals surface area (Å²) in [6.45, 7) is 6.62. The smallest absolute Gasteiger partial charge is 0.0210 e. The minimum Gasteiger partial charge on any atom is -0.326 e. The molecule has 0 aromatic carbocycles. The van der Waals surface area contributed by atoms with Gasteiger partial charge in [0.2, 0.25) is 0 Å². The summed E-state index contributed by atoms with van der Waals surface area (Å²) < 4.78 is 0. The van der Waals surface area contributed by atoms with E-state index in [2.05, 4.69) is 5.73 Å². The van der Waals surface area contributed by atoms with Crippen molar-refractivity contribution in [1.29, 1.82) is 0 Å². The largest absolute Gasteiger partial charge is 0.326 e. The molecule has 46 valence electrons. The zero-order valence-corrected chi connectivity index (χ0v) is 5.78. The first-order valence-corrected chi connectivity index (χ1v) is 2.76. The predicted octanol–water partition coefficient (Wildman–Crippen LogP) is 1.46. The van der Waals surface area contributed by atoms with Crippen molar-refractivity contribution >= 4 is 0 Å². The van der Waals surface area contributed by atoms with Gasteiger partial charge in [-0.1, -0.05) is 0 Å². The van der Waals surface area contributed by atoms with Gasteiger partial charge in [0.25, 0.3) is 0 Å². The van der Waals surface area contributed by atoms with Crippen LogP contribution in [0.2, 0.25) is 0 Å². The van der Waals surface area contributed by atoms with Crippen LogP contribution in [-0.4, -0.2) is 6.54 Å². The maximum Gasteiger partial charge on any atom is 0.0210 e. The van der Waals surface area contributed by atoms with Crippen LogP contribution in [0.5, 0.6) is 0 Å². The Bertz CT molecular complexity index is 123. The molecule has 1 nitrogen and oxygen atoms in total. The summed E-state index contributed by atoms with van der Waals surface area (Å²) in [6.07, 6.45) is 0. The summed E-state index contributed by atoms with van der Waals surface area (Å²) in [4.78, 5) is 0. The van der Waals surface area contributed by atoms with Gasteiger partial charge in [0.15, 0.2) is 0 Å². The first kappa shape index (κ1) is 7.48. The molecule has 0 rings (SSSR count). The van der Waals surface area contributed by atoms with E-state index in [0.717, 1.165) is 5.57 Å². The average molecular weight is 111 g/mol. The first-order valence-electron chi connectivity index (χ1n) is 2.76. The molecule has 0 atom stereocenters. The van der Waals surface area contributed by atoms with Crippen LogP contribution in [0, 0.1) is 0 Å². The molecule has 0 bridgehead atoms. The molecule has 0 amide bonds. The minimum absolute atomic E-state index is 0.616. The SMILES string of the molecule is CC(C)=C=C(C)CN. The third-order valence-corrected chi connectivity index (χ3v) is 0.770. The van der Waals surface area contributed by atoms with Crippen LogP contribution in [-0.2, 0) is 0 Å². The minimum atomic E-state index is 0.616. The van der Waals surface area contributed by atoms with E-state index in [1.54, 1.807) is 0 Å². The van der Waals surface area contributed by atoms with E-state index < -0.39 is 0 Å². The molecule has 8 heavy (non-hydrogen) atoms. The molecule has 0 heterocycles. The Kier molecular flexibility index (Phi) is 3.25. The van der Waals surface area contributed by atoms with E-state index in [0.29, 0.717) is 6.54 Å². The molecule has 0 saturated heterocycles. The lowest BCUT2D eigenvalue weighted by Gasteiger charge is -1.86. The summed E-state index contributed by atoms with van der Waals surface area (Å²) >= 11 is 0. The van der Waals surface area contributed by atoms with Crippen molar-refractivity contribution in [1.82, 2.24) is 0 Å². The highest BCUT2D eigenvalue weighted by molar-refractivity contribution is 5.03. The lowest BCUT2D eigenvalue weighted by molar-refractivity contribution is 1.14. The molecule has 0 aliphatic heterocycles. The highest BCUT2D eigenvalue weighted by atomic mass is 14.5. The highest BCUT2D eigenvalue weighted by Crippen LogP contribution is 1.89. The molecular formula is C7H13N. The number of rotatable bonds is 1. The fourth-order valence-corrected chi connectivity index (χ4v) is 0.478. The van der Waals surface area contributed by atoms with Crippen LogP contribution in [0.3, 0.4) is 0 Å². The van der Waals surface area contributed by atoms with E-state index >= 15 is 0 Å². The van der Waals surface area contributed by atoms with E-state index in [9.17, 15) is 0 Å². The quantitative estimate of drug-likeness (QED) is 0.509. The molecular weight excluding hydrogens is 98.1 g/mol. The summed E-state index contributed by atoms with van der Waals surface area (Å²) in [6, 6.07) is 0. The molecule has 0 aliphatic rings. The standard InChI is InChI=1S/C7H13N/c1-6(2)4-7(3)5-8/h5,8H2,1-3H3. The Balaban J connectivity index is 4.13. The van der Waals surface area contributed by atoms with E-state index in [4.69, 9.17) is 5.73 Å². The second-order valence-corrected chi connectivity index (χ2v) is 2.11. The van der Waals surface area contributed by atoms with Crippen molar-refractivity contribution in [3.63, 3.8) is 0 Å². The van der Waals surface area contributed by atoms with Crippen LogP contribution in [0.25, 0.3) is 0 Å². The van der Waals surface area contributed by atoms with Crippen molar-refractivity contribution < 1.29 is 0 Å². The zero-order valence-electron chi connectivity index (χ0n) is 5.78. The summed E-state index contributed by atoms with van der Waals surface area (Å²) in [5.74, 6) is 0. The number of hydrogen-bond donors (Lipinski definition) is 1. The van der Waals surface area contributed by atoms with Gasteiger partial charge in [0.1, 0.15) is 0 Å². The fourth-order valence-electron chi connectivity index (χ4n) is 0.478. The van der Waals surface area contributed by atoms with Gasteiger partial charge in [-0.25, -0.2) is 0 Å². The summed E-state index contributed by atoms with van der Waals surface area (Å²) in [5, 5.41) is 0. The van der Waals surface area contributed by atoms with Crippen LogP contribution < -0.4 is 5.73 Å². The molecule has 0 saturated carbocycles. The van der Waals surface area contributed by atoms with Gasteiger partial charge in [0, 0.05) is 6.54 Å². The van der Waals surface area contributed by atoms with E-state index in [1.807, 2.05) is 20.8 Å².